The summed E-state index contributed by atoms with van der Waals surface area (Å²) >= 11 is 0. The van der Waals surface area contributed by atoms with Crippen LogP contribution in [0.1, 0.15) is 30.8 Å². The van der Waals surface area contributed by atoms with Crippen LogP contribution in [0.5, 0.6) is 0 Å². The van der Waals surface area contributed by atoms with Gasteiger partial charge >= 0.3 is 0 Å². The molecule has 3 heterocycles. The molecule has 0 radical (unpaired) electrons. The van der Waals surface area contributed by atoms with Gasteiger partial charge in [0.2, 0.25) is 10.0 Å². The number of morpholine rings is 1. The second kappa shape index (κ2) is 7.85. The number of likely N-dealkylation sites (tertiary alicyclic amines) is 1. The van der Waals surface area contributed by atoms with Crippen LogP contribution < -0.4 is 5.73 Å². The molecule has 148 valence electrons. The molecule has 1 aromatic heterocycles. The van der Waals surface area contributed by atoms with E-state index in [0.29, 0.717) is 39.4 Å². The molecule has 1 atom stereocenters. The average Bonchev–Trinajstić information content (AvgIpc) is 3.08. The van der Waals surface area contributed by atoms with E-state index in [-0.39, 0.29) is 40.4 Å². The highest BCUT2D eigenvalue weighted by Gasteiger charge is 2.36. The summed E-state index contributed by atoms with van der Waals surface area (Å²) in [7, 11) is -3.61. The molecule has 2 fully saturated rings. The smallest absolute Gasteiger partial charge is 0.270 e. The maximum absolute atomic E-state index is 12.7. The topological polar surface area (TPSA) is 109 Å². The summed E-state index contributed by atoms with van der Waals surface area (Å²) in [5, 5.41) is 0. The van der Waals surface area contributed by atoms with Crippen molar-refractivity contribution in [2.24, 2.45) is 11.1 Å². The number of hydrogen-bond acceptors (Lipinski definition) is 5. The minimum absolute atomic E-state index is 0. The third-order valence-electron chi connectivity index (χ3n) is 5.09. The second-order valence-electron chi connectivity index (χ2n) is 7.38. The van der Waals surface area contributed by atoms with Gasteiger partial charge in [-0.3, -0.25) is 4.79 Å². The van der Waals surface area contributed by atoms with Crippen molar-refractivity contribution < 1.29 is 17.9 Å². The van der Waals surface area contributed by atoms with Gasteiger partial charge in [-0.15, -0.1) is 12.4 Å². The third kappa shape index (κ3) is 4.07. The molecule has 3 N–H and O–H groups in total. The Morgan fingerprint density at radius 3 is 2.58 bits per heavy atom. The van der Waals surface area contributed by atoms with Crippen molar-refractivity contribution in [2.45, 2.75) is 31.2 Å². The number of carbonyl (C=O) groups is 1. The zero-order chi connectivity index (χ0) is 18.2. The first-order chi connectivity index (χ1) is 11.7. The molecule has 3 rings (SSSR count). The molecular weight excluding hydrogens is 380 g/mol. The Balaban J connectivity index is 0.00000243. The fraction of sp³-hybridized carbons (Fsp3) is 0.688. The van der Waals surface area contributed by atoms with E-state index >= 15 is 0 Å². The minimum Gasteiger partial charge on any atom is -0.379 e. The summed E-state index contributed by atoms with van der Waals surface area (Å²) in [6, 6.07) is 1.48. The predicted molar refractivity (Wildman–Crippen MR) is 99.9 cm³/mol. The van der Waals surface area contributed by atoms with Crippen molar-refractivity contribution in [3.05, 3.63) is 18.0 Å². The van der Waals surface area contributed by atoms with Crippen LogP contribution in [-0.2, 0) is 14.8 Å². The van der Waals surface area contributed by atoms with E-state index in [2.05, 4.69) is 4.98 Å². The maximum Gasteiger partial charge on any atom is 0.270 e. The molecule has 2 aliphatic rings. The number of ether oxygens (including phenoxy) is 1. The minimum atomic E-state index is -3.61. The van der Waals surface area contributed by atoms with E-state index in [1.54, 1.807) is 4.90 Å². The number of nitrogens with zero attached hydrogens (tertiary/aromatic N) is 2. The first-order valence-electron chi connectivity index (χ1n) is 8.53. The Kier molecular flexibility index (Phi) is 6.40. The number of aromatic nitrogens is 1. The number of amides is 1. The van der Waals surface area contributed by atoms with Crippen LogP contribution in [0.25, 0.3) is 0 Å². The molecule has 0 bridgehead atoms. The molecule has 0 aromatic carbocycles. The van der Waals surface area contributed by atoms with Crippen LogP contribution >= 0.6 is 12.4 Å². The van der Waals surface area contributed by atoms with Gasteiger partial charge in [-0.25, -0.2) is 8.42 Å². The first-order valence-corrected chi connectivity index (χ1v) is 9.97. The molecule has 10 heteroatoms. The molecule has 0 aliphatic carbocycles. The molecule has 2 saturated heterocycles. The van der Waals surface area contributed by atoms with Crippen LogP contribution in [-0.4, -0.2) is 73.9 Å². The normalized spacial score (nSPS) is 24.1. The standard InChI is InChI=1S/C16H26N4O4S.ClH/c1-16(2)11-19(4-3-14(16)17)15(21)13-9-12(10-18-13)25(22,23)20-5-7-24-8-6-20;/h9-10,14,18H,3-8,11,17H2,1-2H3;1H. The van der Waals surface area contributed by atoms with Crippen molar-refractivity contribution in [3.8, 4) is 0 Å². The lowest BCUT2D eigenvalue weighted by Gasteiger charge is -2.42. The zero-order valence-corrected chi connectivity index (χ0v) is 16.7. The Bertz CT molecular complexity index is 743. The molecule has 0 spiro atoms. The second-order valence-corrected chi connectivity index (χ2v) is 9.31. The number of nitrogens with two attached hydrogens (primary N) is 1. The van der Waals surface area contributed by atoms with Crippen molar-refractivity contribution in [2.75, 3.05) is 39.4 Å². The summed E-state index contributed by atoms with van der Waals surface area (Å²) in [4.78, 5) is 17.4. The Hall–Kier alpha value is -1.13. The van der Waals surface area contributed by atoms with Gasteiger partial charge in [-0.05, 0) is 17.9 Å². The fourth-order valence-electron chi connectivity index (χ4n) is 3.30. The van der Waals surface area contributed by atoms with Crippen molar-refractivity contribution in [1.29, 1.82) is 0 Å². The number of nitrogens with one attached hydrogen (secondary N) is 1. The quantitative estimate of drug-likeness (QED) is 0.766. The summed E-state index contributed by atoms with van der Waals surface area (Å²) in [5.74, 6) is -0.191. The molecule has 8 nitrogen and oxygen atoms in total. The van der Waals surface area contributed by atoms with Gasteiger partial charge in [-0.2, -0.15) is 4.31 Å². The van der Waals surface area contributed by atoms with Crippen molar-refractivity contribution in [3.63, 3.8) is 0 Å². The number of halogens is 1. The molecule has 1 aromatic rings. The summed E-state index contributed by atoms with van der Waals surface area (Å²) in [6.07, 6.45) is 2.12. The zero-order valence-electron chi connectivity index (χ0n) is 15.1. The van der Waals surface area contributed by atoms with Gasteiger partial charge in [0.1, 0.15) is 10.6 Å². The SMILES string of the molecule is CC1(C)CN(C(=O)c2cc(S(=O)(=O)N3CCOCC3)c[nH]2)CCC1N.Cl. The van der Waals surface area contributed by atoms with Crippen LogP contribution in [0.2, 0.25) is 0 Å². The Morgan fingerprint density at radius 2 is 1.96 bits per heavy atom. The third-order valence-corrected chi connectivity index (χ3v) is 6.97. The number of H-pyrrole nitrogens is 1. The lowest BCUT2D eigenvalue weighted by atomic mass is 9.79. The molecule has 1 amide bonds. The molecule has 0 saturated carbocycles. The van der Waals surface area contributed by atoms with E-state index in [0.717, 1.165) is 6.42 Å². The van der Waals surface area contributed by atoms with E-state index < -0.39 is 10.0 Å². The van der Waals surface area contributed by atoms with Gasteiger partial charge in [0.25, 0.3) is 5.91 Å². The number of carbonyl (C=O) groups excluding carboxylic acids is 1. The number of aromatic amines is 1. The summed E-state index contributed by atoms with van der Waals surface area (Å²) < 4.78 is 31.9. The highest BCUT2D eigenvalue weighted by Crippen LogP contribution is 2.29. The highest BCUT2D eigenvalue weighted by molar-refractivity contribution is 7.89. The summed E-state index contributed by atoms with van der Waals surface area (Å²) in [6.45, 7) is 6.65. The van der Waals surface area contributed by atoms with Gasteiger partial charge in [-0.1, -0.05) is 13.8 Å². The molecule has 2 aliphatic heterocycles. The van der Waals surface area contributed by atoms with Gasteiger partial charge in [0, 0.05) is 38.4 Å². The summed E-state index contributed by atoms with van der Waals surface area (Å²) in [5.41, 5.74) is 6.24. The van der Waals surface area contributed by atoms with Crippen LogP contribution in [0.15, 0.2) is 17.2 Å². The fourth-order valence-corrected chi connectivity index (χ4v) is 4.70. The monoisotopic (exact) mass is 406 g/mol. The van der Waals surface area contributed by atoms with E-state index in [1.165, 1.54) is 16.6 Å². The van der Waals surface area contributed by atoms with Crippen LogP contribution in [0, 0.1) is 5.41 Å². The van der Waals surface area contributed by atoms with Crippen LogP contribution in [0.3, 0.4) is 0 Å². The van der Waals surface area contributed by atoms with Crippen molar-refractivity contribution >= 4 is 28.3 Å². The largest absolute Gasteiger partial charge is 0.379 e. The maximum atomic E-state index is 12.7. The van der Waals surface area contributed by atoms with Gasteiger partial charge < -0.3 is 20.4 Å². The lowest BCUT2D eigenvalue weighted by Crippen LogP contribution is -2.54. The predicted octanol–water partition coefficient (Wildman–Crippen LogP) is 0.657. The van der Waals surface area contributed by atoms with Crippen molar-refractivity contribution in [1.82, 2.24) is 14.2 Å². The molecule has 26 heavy (non-hydrogen) atoms. The van der Waals surface area contributed by atoms with Gasteiger partial charge in [0.05, 0.1) is 13.2 Å². The van der Waals surface area contributed by atoms with E-state index in [9.17, 15) is 13.2 Å². The number of hydrogen-bond donors (Lipinski definition) is 2. The average molecular weight is 407 g/mol. The lowest BCUT2D eigenvalue weighted by molar-refractivity contribution is 0.0528. The number of rotatable bonds is 3. The van der Waals surface area contributed by atoms with Gasteiger partial charge in [0.15, 0.2) is 0 Å². The van der Waals surface area contributed by atoms with E-state index in [1.807, 2.05) is 13.8 Å². The van der Waals surface area contributed by atoms with E-state index in [4.69, 9.17) is 10.5 Å². The number of piperidine rings is 1. The highest BCUT2D eigenvalue weighted by atomic mass is 35.5. The first kappa shape index (κ1) is 21.2. The van der Waals surface area contributed by atoms with Crippen LogP contribution in [0.4, 0.5) is 0 Å². The molecular formula is C16H27ClN4O4S. The molecule has 1 unspecified atom stereocenters. The Labute approximate surface area is 160 Å². The number of sulfonamides is 1. The Morgan fingerprint density at radius 1 is 1.31 bits per heavy atom.